The van der Waals surface area contributed by atoms with Crippen LogP contribution in [0.25, 0.3) is 10.9 Å². The SMILES string of the molecule is Cc1ccc(N=C(N/N=C/c2ccc(OCCC(C)C)cc2)c2ccc3ccccc3n2)cc1. The van der Waals surface area contributed by atoms with Gasteiger partial charge in [-0.3, -0.25) is 5.43 Å². The normalized spacial score (nSPS) is 11.9. The second-order valence-corrected chi connectivity index (χ2v) is 8.66. The highest BCUT2D eigenvalue weighted by Crippen LogP contribution is 2.17. The maximum Gasteiger partial charge on any atom is 0.173 e. The number of fused-ring (bicyclic) bond motifs is 1. The Balaban J connectivity index is 1.52. The van der Waals surface area contributed by atoms with Crippen LogP contribution >= 0.6 is 0 Å². The quantitative estimate of drug-likeness (QED) is 0.185. The molecule has 1 N–H and O–H groups in total. The zero-order valence-corrected chi connectivity index (χ0v) is 19.9. The van der Waals surface area contributed by atoms with Gasteiger partial charge in [0.05, 0.1) is 24.0 Å². The number of aryl methyl sites for hydroxylation is 1. The number of nitrogens with zero attached hydrogens (tertiary/aromatic N) is 3. The van der Waals surface area contributed by atoms with Crippen LogP contribution in [0.2, 0.25) is 0 Å². The number of benzene rings is 3. The summed E-state index contributed by atoms with van der Waals surface area (Å²) in [4.78, 5) is 9.56. The standard InChI is InChI=1S/C29H30N4O/c1-21(2)18-19-34-26-15-10-23(11-16-26)20-30-33-29(31-25-13-8-22(3)9-14-25)28-17-12-24-6-4-5-7-27(24)32-28/h4-17,20-21H,18-19H2,1-3H3,(H,31,33)/b30-20+. The molecule has 5 nitrogen and oxygen atoms in total. The van der Waals surface area contributed by atoms with Crippen LogP contribution in [0.4, 0.5) is 5.69 Å². The van der Waals surface area contributed by atoms with Gasteiger partial charge < -0.3 is 4.74 Å². The molecule has 1 heterocycles. The Hall–Kier alpha value is -3.99. The summed E-state index contributed by atoms with van der Waals surface area (Å²) in [6.45, 7) is 7.17. The predicted molar refractivity (Wildman–Crippen MR) is 141 cm³/mol. The summed E-state index contributed by atoms with van der Waals surface area (Å²) in [6, 6.07) is 28.0. The molecule has 34 heavy (non-hydrogen) atoms. The lowest BCUT2D eigenvalue weighted by Crippen LogP contribution is -2.20. The van der Waals surface area contributed by atoms with Crippen molar-refractivity contribution in [2.75, 3.05) is 6.61 Å². The number of hydrogen-bond donors (Lipinski definition) is 1. The summed E-state index contributed by atoms with van der Waals surface area (Å²) in [5.74, 6) is 2.08. The first-order valence-electron chi connectivity index (χ1n) is 11.6. The summed E-state index contributed by atoms with van der Waals surface area (Å²) in [5, 5.41) is 5.52. The monoisotopic (exact) mass is 450 g/mol. The van der Waals surface area contributed by atoms with Crippen LogP contribution in [-0.4, -0.2) is 23.6 Å². The molecule has 0 radical (unpaired) electrons. The Morgan fingerprint density at radius 2 is 1.71 bits per heavy atom. The second-order valence-electron chi connectivity index (χ2n) is 8.66. The Morgan fingerprint density at radius 1 is 0.941 bits per heavy atom. The van der Waals surface area contributed by atoms with Gasteiger partial charge in [0.2, 0.25) is 0 Å². The number of aliphatic imine (C=N–C) groups is 1. The number of ether oxygens (including phenoxy) is 1. The molecule has 5 heteroatoms. The lowest BCUT2D eigenvalue weighted by Gasteiger charge is -2.08. The number of nitrogens with one attached hydrogen (secondary N) is 1. The number of para-hydroxylation sites is 1. The summed E-state index contributed by atoms with van der Waals surface area (Å²) in [7, 11) is 0. The van der Waals surface area contributed by atoms with E-state index in [1.807, 2.05) is 84.9 Å². The average molecular weight is 451 g/mol. The van der Waals surface area contributed by atoms with Crippen molar-refractivity contribution in [3.05, 3.63) is 102 Å². The molecule has 0 fully saturated rings. The number of pyridine rings is 1. The molecule has 0 saturated carbocycles. The van der Waals surface area contributed by atoms with E-state index in [-0.39, 0.29) is 0 Å². The number of amidine groups is 1. The van der Waals surface area contributed by atoms with Crippen molar-refractivity contribution < 1.29 is 4.74 Å². The number of hydrazone groups is 1. The Morgan fingerprint density at radius 3 is 2.47 bits per heavy atom. The zero-order chi connectivity index (χ0) is 23.8. The van der Waals surface area contributed by atoms with Gasteiger partial charge in [-0.15, -0.1) is 0 Å². The minimum Gasteiger partial charge on any atom is -0.494 e. The van der Waals surface area contributed by atoms with Crippen LogP contribution in [0.3, 0.4) is 0 Å². The highest BCUT2D eigenvalue weighted by Gasteiger charge is 2.07. The van der Waals surface area contributed by atoms with E-state index < -0.39 is 0 Å². The van der Waals surface area contributed by atoms with E-state index in [1.165, 1.54) is 5.56 Å². The molecule has 4 rings (SSSR count). The van der Waals surface area contributed by atoms with Gasteiger partial charge in [-0.05, 0) is 73.4 Å². The van der Waals surface area contributed by atoms with Crippen molar-refractivity contribution in [2.45, 2.75) is 27.2 Å². The van der Waals surface area contributed by atoms with Gasteiger partial charge in [-0.1, -0.05) is 55.8 Å². The molecule has 4 aromatic rings. The van der Waals surface area contributed by atoms with Crippen molar-refractivity contribution in [3.63, 3.8) is 0 Å². The molecule has 0 saturated heterocycles. The minimum absolute atomic E-state index is 0.583. The van der Waals surface area contributed by atoms with Gasteiger partial charge in [-0.25, -0.2) is 9.98 Å². The number of aromatic nitrogens is 1. The summed E-state index contributed by atoms with van der Waals surface area (Å²) >= 11 is 0. The molecule has 0 spiro atoms. The van der Waals surface area contributed by atoms with Gasteiger partial charge in [0.15, 0.2) is 5.84 Å². The Kier molecular flexibility index (Phi) is 7.66. The van der Waals surface area contributed by atoms with Crippen LogP contribution in [0.5, 0.6) is 5.75 Å². The van der Waals surface area contributed by atoms with E-state index in [0.29, 0.717) is 11.8 Å². The third-order valence-electron chi connectivity index (χ3n) is 5.34. The molecule has 0 aliphatic carbocycles. The van der Waals surface area contributed by atoms with E-state index in [0.717, 1.165) is 46.6 Å². The molecule has 0 unspecified atom stereocenters. The van der Waals surface area contributed by atoms with E-state index >= 15 is 0 Å². The molecule has 1 aromatic heterocycles. The first-order chi connectivity index (χ1) is 16.6. The maximum atomic E-state index is 5.79. The van der Waals surface area contributed by atoms with Crippen molar-refractivity contribution in [1.82, 2.24) is 10.4 Å². The highest BCUT2D eigenvalue weighted by atomic mass is 16.5. The van der Waals surface area contributed by atoms with Crippen LogP contribution in [0.1, 0.15) is 37.1 Å². The summed E-state index contributed by atoms with van der Waals surface area (Å²) in [6.07, 6.45) is 2.81. The summed E-state index contributed by atoms with van der Waals surface area (Å²) < 4.78 is 5.79. The molecular formula is C29H30N4O. The lowest BCUT2D eigenvalue weighted by molar-refractivity contribution is 0.289. The third kappa shape index (κ3) is 6.51. The van der Waals surface area contributed by atoms with E-state index in [2.05, 4.69) is 31.3 Å². The van der Waals surface area contributed by atoms with Gasteiger partial charge in [0.1, 0.15) is 11.4 Å². The van der Waals surface area contributed by atoms with Gasteiger partial charge >= 0.3 is 0 Å². The smallest absolute Gasteiger partial charge is 0.173 e. The number of hydrogen-bond acceptors (Lipinski definition) is 4. The minimum atomic E-state index is 0.583. The molecule has 3 aromatic carbocycles. The molecule has 0 atom stereocenters. The van der Waals surface area contributed by atoms with E-state index in [1.54, 1.807) is 6.21 Å². The molecule has 0 amide bonds. The van der Waals surface area contributed by atoms with Crippen molar-refractivity contribution in [1.29, 1.82) is 0 Å². The lowest BCUT2D eigenvalue weighted by atomic mass is 10.1. The number of rotatable bonds is 8. The average Bonchev–Trinajstić information content (AvgIpc) is 2.85. The molecule has 0 aliphatic rings. The fraction of sp³-hybridized carbons (Fsp3) is 0.207. The van der Waals surface area contributed by atoms with Crippen molar-refractivity contribution in [3.8, 4) is 5.75 Å². The first kappa shape index (κ1) is 23.2. The van der Waals surface area contributed by atoms with Crippen LogP contribution in [0, 0.1) is 12.8 Å². The van der Waals surface area contributed by atoms with Crippen molar-refractivity contribution in [2.24, 2.45) is 16.0 Å². The van der Waals surface area contributed by atoms with Gasteiger partial charge in [0, 0.05) is 5.39 Å². The van der Waals surface area contributed by atoms with Crippen molar-refractivity contribution >= 4 is 28.6 Å². The highest BCUT2D eigenvalue weighted by molar-refractivity contribution is 6.00. The fourth-order valence-corrected chi connectivity index (χ4v) is 3.32. The largest absolute Gasteiger partial charge is 0.494 e. The van der Waals surface area contributed by atoms with E-state index in [4.69, 9.17) is 14.7 Å². The maximum absolute atomic E-state index is 5.79. The molecule has 172 valence electrons. The topological polar surface area (TPSA) is 58.9 Å². The second kappa shape index (κ2) is 11.2. The fourth-order valence-electron chi connectivity index (χ4n) is 3.32. The van der Waals surface area contributed by atoms with Crippen LogP contribution in [0.15, 0.2) is 95.0 Å². The zero-order valence-electron chi connectivity index (χ0n) is 19.9. The third-order valence-corrected chi connectivity index (χ3v) is 5.34. The molecule has 0 bridgehead atoms. The molecule has 0 aliphatic heterocycles. The first-order valence-corrected chi connectivity index (χ1v) is 11.6. The van der Waals surface area contributed by atoms with E-state index in [9.17, 15) is 0 Å². The van der Waals surface area contributed by atoms with Crippen LogP contribution < -0.4 is 10.2 Å². The molecular weight excluding hydrogens is 420 g/mol. The predicted octanol–water partition coefficient (Wildman–Crippen LogP) is 6.67. The Bertz CT molecular complexity index is 1280. The summed E-state index contributed by atoms with van der Waals surface area (Å²) in [5.41, 5.74) is 7.72. The van der Waals surface area contributed by atoms with Gasteiger partial charge in [0.25, 0.3) is 0 Å². The van der Waals surface area contributed by atoms with Gasteiger partial charge in [-0.2, -0.15) is 5.10 Å². The Labute approximate surface area is 201 Å². The van der Waals surface area contributed by atoms with Crippen LogP contribution in [-0.2, 0) is 0 Å².